The standard InChI is InChI=1S/C12H13N5O3/c18-11(7-17-8-13-15-16-17)14-10(12(19)20)6-9-4-2-1-3-5-9/h1-5,8,10H,6-7H2,(H,14,18)(H,19,20). The Morgan fingerprint density at radius 3 is 2.65 bits per heavy atom. The minimum atomic E-state index is -1.08. The molecule has 0 aliphatic heterocycles. The van der Waals surface area contributed by atoms with Crippen LogP contribution in [0.2, 0.25) is 0 Å². The van der Waals surface area contributed by atoms with Crippen LogP contribution in [0.5, 0.6) is 0 Å². The molecule has 1 unspecified atom stereocenters. The van der Waals surface area contributed by atoms with Crippen LogP contribution in [0.15, 0.2) is 36.7 Å². The second-order valence-electron chi connectivity index (χ2n) is 4.16. The van der Waals surface area contributed by atoms with Crippen molar-refractivity contribution in [3.8, 4) is 0 Å². The summed E-state index contributed by atoms with van der Waals surface area (Å²) in [4.78, 5) is 22.9. The molecule has 2 rings (SSSR count). The van der Waals surface area contributed by atoms with Crippen molar-refractivity contribution in [2.45, 2.75) is 19.0 Å². The van der Waals surface area contributed by atoms with Gasteiger partial charge >= 0.3 is 5.97 Å². The van der Waals surface area contributed by atoms with Crippen LogP contribution in [0, 0.1) is 0 Å². The third-order valence-electron chi connectivity index (χ3n) is 2.61. The van der Waals surface area contributed by atoms with Crippen molar-refractivity contribution in [1.29, 1.82) is 0 Å². The quantitative estimate of drug-likeness (QED) is 0.734. The molecular weight excluding hydrogens is 262 g/mol. The molecule has 8 nitrogen and oxygen atoms in total. The number of carbonyl (C=O) groups is 2. The van der Waals surface area contributed by atoms with Crippen molar-refractivity contribution in [2.75, 3.05) is 0 Å². The molecule has 8 heteroatoms. The molecule has 0 bridgehead atoms. The maximum atomic E-state index is 11.7. The number of carbonyl (C=O) groups excluding carboxylic acids is 1. The highest BCUT2D eigenvalue weighted by molar-refractivity contribution is 5.83. The number of nitrogens with zero attached hydrogens (tertiary/aromatic N) is 4. The normalized spacial score (nSPS) is 11.8. The Labute approximate surface area is 114 Å². The second kappa shape index (κ2) is 6.41. The Kier molecular flexibility index (Phi) is 4.38. The Bertz CT molecular complexity index is 570. The van der Waals surface area contributed by atoms with Crippen LogP contribution >= 0.6 is 0 Å². The highest BCUT2D eigenvalue weighted by Gasteiger charge is 2.20. The van der Waals surface area contributed by atoms with E-state index in [9.17, 15) is 9.59 Å². The first-order valence-electron chi connectivity index (χ1n) is 5.92. The number of hydrogen-bond donors (Lipinski definition) is 2. The summed E-state index contributed by atoms with van der Waals surface area (Å²) < 4.78 is 1.22. The van der Waals surface area contributed by atoms with Gasteiger partial charge in [-0.1, -0.05) is 30.3 Å². The molecule has 1 atom stereocenters. The van der Waals surface area contributed by atoms with Gasteiger partial charge in [-0.3, -0.25) is 4.79 Å². The van der Waals surface area contributed by atoms with Gasteiger partial charge in [-0.05, 0) is 16.0 Å². The lowest BCUT2D eigenvalue weighted by Gasteiger charge is -2.14. The highest BCUT2D eigenvalue weighted by atomic mass is 16.4. The van der Waals surface area contributed by atoms with Gasteiger partial charge in [0, 0.05) is 6.42 Å². The lowest BCUT2D eigenvalue weighted by Crippen LogP contribution is -2.43. The van der Waals surface area contributed by atoms with Gasteiger partial charge in [-0.25, -0.2) is 9.48 Å². The highest BCUT2D eigenvalue weighted by Crippen LogP contribution is 2.03. The first-order chi connectivity index (χ1) is 9.65. The fourth-order valence-corrected chi connectivity index (χ4v) is 1.69. The maximum Gasteiger partial charge on any atom is 0.326 e. The predicted octanol–water partition coefficient (Wildman–Crippen LogP) is -0.515. The van der Waals surface area contributed by atoms with E-state index in [4.69, 9.17) is 5.11 Å². The van der Waals surface area contributed by atoms with E-state index in [-0.39, 0.29) is 13.0 Å². The predicted molar refractivity (Wildman–Crippen MR) is 67.5 cm³/mol. The van der Waals surface area contributed by atoms with Gasteiger partial charge in [-0.2, -0.15) is 0 Å². The number of nitrogens with one attached hydrogen (secondary N) is 1. The Hall–Kier alpha value is -2.77. The smallest absolute Gasteiger partial charge is 0.326 e. The van der Waals surface area contributed by atoms with E-state index in [1.54, 1.807) is 0 Å². The van der Waals surface area contributed by atoms with Crippen molar-refractivity contribution < 1.29 is 14.7 Å². The molecule has 1 amide bonds. The van der Waals surface area contributed by atoms with Crippen LogP contribution in [0.3, 0.4) is 0 Å². The van der Waals surface area contributed by atoms with Crippen LogP contribution in [0.4, 0.5) is 0 Å². The van der Waals surface area contributed by atoms with Gasteiger partial charge in [-0.15, -0.1) is 5.10 Å². The van der Waals surface area contributed by atoms with Crippen LogP contribution in [0.1, 0.15) is 5.56 Å². The summed E-state index contributed by atoms with van der Waals surface area (Å²) in [5.41, 5.74) is 0.836. The first kappa shape index (κ1) is 13.7. The van der Waals surface area contributed by atoms with E-state index in [2.05, 4.69) is 20.8 Å². The number of benzene rings is 1. The van der Waals surface area contributed by atoms with Gasteiger partial charge in [0.05, 0.1) is 0 Å². The molecule has 0 aliphatic carbocycles. The fourth-order valence-electron chi connectivity index (χ4n) is 1.69. The molecule has 0 aliphatic rings. The molecule has 20 heavy (non-hydrogen) atoms. The SMILES string of the molecule is O=C(Cn1cnnn1)NC(Cc1ccccc1)C(=O)O. The van der Waals surface area contributed by atoms with E-state index in [0.717, 1.165) is 5.56 Å². The molecule has 104 valence electrons. The van der Waals surface area contributed by atoms with E-state index in [1.807, 2.05) is 30.3 Å². The minimum Gasteiger partial charge on any atom is -0.480 e. The van der Waals surface area contributed by atoms with E-state index in [0.29, 0.717) is 0 Å². The van der Waals surface area contributed by atoms with Crippen molar-refractivity contribution in [3.05, 3.63) is 42.2 Å². The summed E-state index contributed by atoms with van der Waals surface area (Å²) in [5.74, 6) is -1.54. The maximum absolute atomic E-state index is 11.7. The third-order valence-corrected chi connectivity index (χ3v) is 2.61. The monoisotopic (exact) mass is 275 g/mol. The number of carboxylic acids is 1. The zero-order valence-corrected chi connectivity index (χ0v) is 10.5. The number of rotatable bonds is 6. The zero-order chi connectivity index (χ0) is 14.4. The van der Waals surface area contributed by atoms with Gasteiger partial charge in [0.25, 0.3) is 0 Å². The van der Waals surface area contributed by atoms with Crippen molar-refractivity contribution in [3.63, 3.8) is 0 Å². The fraction of sp³-hybridized carbons (Fsp3) is 0.250. The Morgan fingerprint density at radius 2 is 2.05 bits per heavy atom. The summed E-state index contributed by atoms with van der Waals surface area (Å²) in [5, 5.41) is 21.9. The summed E-state index contributed by atoms with van der Waals surface area (Å²) in [6.45, 7) is -0.119. The molecule has 0 saturated carbocycles. The second-order valence-corrected chi connectivity index (χ2v) is 4.16. The first-order valence-corrected chi connectivity index (χ1v) is 5.92. The Balaban J connectivity index is 1.95. The number of tetrazole rings is 1. The lowest BCUT2D eigenvalue weighted by molar-refractivity contribution is -0.141. The molecule has 2 N–H and O–H groups in total. The van der Waals surface area contributed by atoms with E-state index in [1.165, 1.54) is 11.0 Å². The van der Waals surface area contributed by atoms with Crippen molar-refractivity contribution in [2.24, 2.45) is 0 Å². The van der Waals surface area contributed by atoms with Gasteiger partial charge in [0.1, 0.15) is 18.9 Å². The lowest BCUT2D eigenvalue weighted by atomic mass is 10.1. The van der Waals surface area contributed by atoms with E-state index < -0.39 is 17.9 Å². The molecule has 0 fully saturated rings. The van der Waals surface area contributed by atoms with E-state index >= 15 is 0 Å². The number of carboxylic acid groups (broad SMARTS) is 1. The molecule has 0 saturated heterocycles. The van der Waals surface area contributed by atoms with Crippen LogP contribution in [0.25, 0.3) is 0 Å². The topological polar surface area (TPSA) is 110 Å². The average molecular weight is 275 g/mol. The van der Waals surface area contributed by atoms with Gasteiger partial charge in [0.15, 0.2) is 0 Å². The molecule has 0 spiro atoms. The van der Waals surface area contributed by atoms with Gasteiger partial charge in [0.2, 0.25) is 5.91 Å². The number of amides is 1. The molecule has 1 aromatic heterocycles. The minimum absolute atomic E-state index is 0.119. The average Bonchev–Trinajstić information content (AvgIpc) is 2.92. The van der Waals surface area contributed by atoms with Crippen molar-refractivity contribution >= 4 is 11.9 Å². The summed E-state index contributed by atoms with van der Waals surface area (Å²) >= 11 is 0. The molecule has 2 aromatic rings. The summed E-state index contributed by atoms with van der Waals surface area (Å²) in [7, 11) is 0. The molecule has 0 radical (unpaired) electrons. The molecular formula is C12H13N5O3. The number of aromatic nitrogens is 4. The largest absolute Gasteiger partial charge is 0.480 e. The summed E-state index contributed by atoms with van der Waals surface area (Å²) in [6, 6.07) is 8.11. The number of hydrogen-bond acceptors (Lipinski definition) is 5. The van der Waals surface area contributed by atoms with Crippen LogP contribution < -0.4 is 5.32 Å². The zero-order valence-electron chi connectivity index (χ0n) is 10.5. The number of aliphatic carboxylic acids is 1. The molecule has 1 heterocycles. The van der Waals surface area contributed by atoms with Crippen LogP contribution in [-0.2, 0) is 22.6 Å². The Morgan fingerprint density at radius 1 is 1.30 bits per heavy atom. The summed E-state index contributed by atoms with van der Waals surface area (Å²) in [6.07, 6.45) is 1.50. The molecule has 1 aromatic carbocycles. The van der Waals surface area contributed by atoms with Crippen LogP contribution in [-0.4, -0.2) is 43.2 Å². The third kappa shape index (κ3) is 3.87. The van der Waals surface area contributed by atoms with Gasteiger partial charge < -0.3 is 10.4 Å². The van der Waals surface area contributed by atoms with Crippen molar-refractivity contribution in [1.82, 2.24) is 25.5 Å².